The van der Waals surface area contributed by atoms with Crippen LogP contribution in [-0.2, 0) is 13.2 Å². The molecule has 102 valence electrons. The van der Waals surface area contributed by atoms with Crippen LogP contribution < -0.4 is 14.8 Å². The zero-order chi connectivity index (χ0) is 13.7. The topological polar surface area (TPSA) is 56.5 Å². The van der Waals surface area contributed by atoms with E-state index in [2.05, 4.69) is 10.5 Å². The van der Waals surface area contributed by atoms with E-state index in [0.717, 1.165) is 29.3 Å². The molecular weight excluding hydrogens is 244 g/mol. The van der Waals surface area contributed by atoms with E-state index in [1.165, 1.54) is 0 Å². The van der Waals surface area contributed by atoms with Crippen LogP contribution in [0.4, 0.5) is 0 Å². The van der Waals surface area contributed by atoms with Gasteiger partial charge < -0.3 is 19.3 Å². The van der Waals surface area contributed by atoms with Crippen LogP contribution in [0.2, 0.25) is 0 Å². The van der Waals surface area contributed by atoms with E-state index in [0.29, 0.717) is 12.4 Å². The minimum absolute atomic E-state index is 0.352. The maximum absolute atomic E-state index is 5.78. The highest BCUT2D eigenvalue weighted by Crippen LogP contribution is 2.25. The summed E-state index contributed by atoms with van der Waals surface area (Å²) in [6.45, 7) is 2.96. The molecule has 0 unspecified atom stereocenters. The van der Waals surface area contributed by atoms with E-state index in [1.807, 2.05) is 38.2 Å². The lowest BCUT2D eigenvalue weighted by Gasteiger charge is -2.11. The van der Waals surface area contributed by atoms with Crippen LogP contribution in [0, 0.1) is 6.92 Å². The van der Waals surface area contributed by atoms with E-state index in [-0.39, 0.29) is 0 Å². The molecule has 2 aromatic rings. The second-order valence-corrected chi connectivity index (χ2v) is 4.23. The van der Waals surface area contributed by atoms with Crippen molar-refractivity contribution in [1.29, 1.82) is 0 Å². The molecule has 0 saturated carbocycles. The molecular formula is C14H18N2O3. The number of methoxy groups -OCH3 is 1. The highest BCUT2D eigenvalue weighted by atomic mass is 16.5. The Balaban J connectivity index is 2.12. The highest BCUT2D eigenvalue weighted by molar-refractivity contribution is 5.40. The molecule has 1 aromatic heterocycles. The van der Waals surface area contributed by atoms with Crippen molar-refractivity contribution in [3.8, 4) is 11.5 Å². The smallest absolute Gasteiger partial charge is 0.174 e. The van der Waals surface area contributed by atoms with Gasteiger partial charge in [-0.05, 0) is 20.0 Å². The fourth-order valence-electron chi connectivity index (χ4n) is 1.77. The molecule has 1 heterocycles. The van der Waals surface area contributed by atoms with Gasteiger partial charge in [-0.1, -0.05) is 11.2 Å². The summed E-state index contributed by atoms with van der Waals surface area (Å²) in [6, 6.07) is 7.63. The third kappa shape index (κ3) is 3.48. The summed E-state index contributed by atoms with van der Waals surface area (Å²) in [7, 11) is 3.53. The van der Waals surface area contributed by atoms with Crippen molar-refractivity contribution in [2.45, 2.75) is 20.1 Å². The van der Waals surface area contributed by atoms with Crippen molar-refractivity contribution in [1.82, 2.24) is 10.5 Å². The van der Waals surface area contributed by atoms with Crippen molar-refractivity contribution < 1.29 is 14.0 Å². The predicted octanol–water partition coefficient (Wildman–Crippen LogP) is 2.29. The number of aryl methyl sites for hydroxylation is 1. The Morgan fingerprint density at radius 2 is 2.16 bits per heavy atom. The molecule has 0 saturated heterocycles. The van der Waals surface area contributed by atoms with Gasteiger partial charge >= 0.3 is 0 Å². The Morgan fingerprint density at radius 3 is 2.79 bits per heavy atom. The largest absolute Gasteiger partial charge is 0.497 e. The number of benzene rings is 1. The lowest BCUT2D eigenvalue weighted by atomic mass is 10.2. The Morgan fingerprint density at radius 1 is 1.32 bits per heavy atom. The number of hydrogen-bond acceptors (Lipinski definition) is 5. The third-order valence-electron chi connectivity index (χ3n) is 2.69. The molecule has 0 spiro atoms. The van der Waals surface area contributed by atoms with Gasteiger partial charge in [0.15, 0.2) is 5.76 Å². The molecule has 0 amide bonds. The van der Waals surface area contributed by atoms with Crippen LogP contribution in [0.25, 0.3) is 0 Å². The summed E-state index contributed by atoms with van der Waals surface area (Å²) in [4.78, 5) is 0. The van der Waals surface area contributed by atoms with Crippen molar-refractivity contribution in [3.05, 3.63) is 41.3 Å². The highest BCUT2D eigenvalue weighted by Gasteiger charge is 2.07. The lowest BCUT2D eigenvalue weighted by molar-refractivity contribution is 0.245. The SMILES string of the molecule is CNCc1ccc(OC)cc1OCc1cc(C)no1. The average molecular weight is 262 g/mol. The summed E-state index contributed by atoms with van der Waals surface area (Å²) < 4.78 is 16.1. The van der Waals surface area contributed by atoms with Gasteiger partial charge in [-0.3, -0.25) is 0 Å². The van der Waals surface area contributed by atoms with Crippen molar-refractivity contribution in [2.75, 3.05) is 14.2 Å². The molecule has 0 radical (unpaired) electrons. The summed E-state index contributed by atoms with van der Waals surface area (Å²) in [5.74, 6) is 2.25. The minimum Gasteiger partial charge on any atom is -0.497 e. The summed E-state index contributed by atoms with van der Waals surface area (Å²) in [6.07, 6.45) is 0. The molecule has 1 N–H and O–H groups in total. The molecule has 0 atom stereocenters. The van der Waals surface area contributed by atoms with Gasteiger partial charge in [-0.2, -0.15) is 0 Å². The molecule has 0 aliphatic heterocycles. The standard InChI is InChI=1S/C14H18N2O3/c1-10-6-13(19-16-10)9-18-14-7-12(17-3)5-4-11(14)8-15-2/h4-7,15H,8-9H2,1-3H3. The van der Waals surface area contributed by atoms with Crippen LogP contribution in [0.3, 0.4) is 0 Å². The Hall–Kier alpha value is -2.01. The Bertz CT molecular complexity index is 537. The van der Waals surface area contributed by atoms with Gasteiger partial charge in [0.2, 0.25) is 0 Å². The molecule has 0 bridgehead atoms. The first-order valence-corrected chi connectivity index (χ1v) is 6.09. The summed E-state index contributed by atoms with van der Waals surface area (Å²) >= 11 is 0. The zero-order valence-corrected chi connectivity index (χ0v) is 11.4. The van der Waals surface area contributed by atoms with E-state index >= 15 is 0 Å². The molecule has 0 fully saturated rings. The van der Waals surface area contributed by atoms with Crippen molar-refractivity contribution in [3.63, 3.8) is 0 Å². The molecule has 0 aliphatic rings. The fraction of sp³-hybridized carbons (Fsp3) is 0.357. The number of rotatable bonds is 6. The first-order chi connectivity index (χ1) is 9.22. The van der Waals surface area contributed by atoms with Crippen LogP contribution in [0.15, 0.2) is 28.8 Å². The average Bonchev–Trinajstić information content (AvgIpc) is 2.83. The third-order valence-corrected chi connectivity index (χ3v) is 2.69. The zero-order valence-electron chi connectivity index (χ0n) is 11.4. The normalized spacial score (nSPS) is 10.5. The van der Waals surface area contributed by atoms with E-state index in [9.17, 15) is 0 Å². The molecule has 2 rings (SSSR count). The van der Waals surface area contributed by atoms with Gasteiger partial charge in [-0.25, -0.2) is 0 Å². The van der Waals surface area contributed by atoms with Gasteiger partial charge in [0.1, 0.15) is 18.1 Å². The molecule has 0 aliphatic carbocycles. The van der Waals surface area contributed by atoms with E-state index in [4.69, 9.17) is 14.0 Å². The first kappa shape index (κ1) is 13.4. The van der Waals surface area contributed by atoms with E-state index < -0.39 is 0 Å². The van der Waals surface area contributed by atoms with Gasteiger partial charge in [0, 0.05) is 24.2 Å². The maximum Gasteiger partial charge on any atom is 0.174 e. The lowest BCUT2D eigenvalue weighted by Crippen LogP contribution is -2.07. The molecule has 19 heavy (non-hydrogen) atoms. The van der Waals surface area contributed by atoms with E-state index in [1.54, 1.807) is 7.11 Å². The number of hydrogen-bond donors (Lipinski definition) is 1. The van der Waals surface area contributed by atoms with Crippen LogP contribution in [0.5, 0.6) is 11.5 Å². The Labute approximate surface area is 112 Å². The van der Waals surface area contributed by atoms with Crippen LogP contribution >= 0.6 is 0 Å². The molecule has 5 heteroatoms. The van der Waals surface area contributed by atoms with Crippen molar-refractivity contribution >= 4 is 0 Å². The first-order valence-electron chi connectivity index (χ1n) is 6.09. The van der Waals surface area contributed by atoms with Crippen LogP contribution in [-0.4, -0.2) is 19.3 Å². The summed E-state index contributed by atoms with van der Waals surface area (Å²) in [5, 5.41) is 6.94. The predicted molar refractivity (Wildman–Crippen MR) is 71.3 cm³/mol. The maximum atomic E-state index is 5.78. The second-order valence-electron chi connectivity index (χ2n) is 4.23. The number of ether oxygens (including phenoxy) is 2. The van der Waals surface area contributed by atoms with Gasteiger partial charge in [-0.15, -0.1) is 0 Å². The Kier molecular flexibility index (Phi) is 4.41. The number of nitrogens with zero attached hydrogens (tertiary/aromatic N) is 1. The minimum atomic E-state index is 0.352. The quantitative estimate of drug-likeness (QED) is 0.865. The number of aromatic nitrogens is 1. The van der Waals surface area contributed by atoms with Gasteiger partial charge in [0.05, 0.1) is 12.8 Å². The fourth-order valence-corrected chi connectivity index (χ4v) is 1.77. The van der Waals surface area contributed by atoms with Crippen LogP contribution in [0.1, 0.15) is 17.0 Å². The molecule has 1 aromatic carbocycles. The number of nitrogens with one attached hydrogen (secondary N) is 1. The summed E-state index contributed by atoms with van der Waals surface area (Å²) in [5.41, 5.74) is 1.92. The van der Waals surface area contributed by atoms with Gasteiger partial charge in [0.25, 0.3) is 0 Å². The monoisotopic (exact) mass is 262 g/mol. The van der Waals surface area contributed by atoms with Crippen molar-refractivity contribution in [2.24, 2.45) is 0 Å². The second kappa shape index (κ2) is 6.24. The molecule has 5 nitrogen and oxygen atoms in total.